The molecule has 2 rings (SSSR count). The average Bonchev–Trinajstić information content (AvgIpc) is 2.77. The highest BCUT2D eigenvalue weighted by Crippen LogP contribution is 2.13. The summed E-state index contributed by atoms with van der Waals surface area (Å²) in [6, 6.07) is 0. The maximum Gasteiger partial charge on any atom is 0.205 e. The van der Waals surface area contributed by atoms with Gasteiger partial charge >= 0.3 is 0 Å². The molecule has 0 atom stereocenters. The third-order valence-electron chi connectivity index (χ3n) is 1.75. The molecule has 0 aliphatic carbocycles. The lowest BCUT2D eigenvalue weighted by Gasteiger charge is -1.98. The van der Waals surface area contributed by atoms with Crippen LogP contribution in [0.1, 0.15) is 10.7 Å². The Hall–Kier alpha value is -1.43. The van der Waals surface area contributed by atoms with Crippen LogP contribution >= 0.6 is 11.3 Å². The van der Waals surface area contributed by atoms with Crippen LogP contribution in [0.4, 0.5) is 5.13 Å². The topological polar surface area (TPSA) is 66.5 Å². The van der Waals surface area contributed by atoms with Crippen molar-refractivity contribution in [2.75, 3.05) is 11.9 Å². The fourth-order valence-corrected chi connectivity index (χ4v) is 1.71. The largest absolute Gasteiger partial charge is 0.360 e. The van der Waals surface area contributed by atoms with Crippen LogP contribution in [0.2, 0.25) is 0 Å². The molecule has 0 saturated carbocycles. The molecular formula is C8H11N5S. The molecule has 0 amide bonds. The van der Waals surface area contributed by atoms with Crippen LogP contribution in [0.15, 0.2) is 12.5 Å². The lowest BCUT2D eigenvalue weighted by Crippen LogP contribution is -2.04. The first-order chi connectivity index (χ1) is 6.84. The van der Waals surface area contributed by atoms with Crippen molar-refractivity contribution in [3.8, 4) is 0 Å². The van der Waals surface area contributed by atoms with E-state index >= 15 is 0 Å². The smallest absolute Gasteiger partial charge is 0.205 e. The number of rotatable bonds is 4. The zero-order chi connectivity index (χ0) is 9.80. The zero-order valence-electron chi connectivity index (χ0n) is 7.82. The van der Waals surface area contributed by atoms with Crippen molar-refractivity contribution in [1.82, 2.24) is 20.2 Å². The van der Waals surface area contributed by atoms with Crippen molar-refractivity contribution >= 4 is 16.5 Å². The molecule has 14 heavy (non-hydrogen) atoms. The van der Waals surface area contributed by atoms with Crippen LogP contribution in [0.5, 0.6) is 0 Å². The number of H-pyrrole nitrogens is 1. The Labute approximate surface area is 85.6 Å². The quantitative estimate of drug-likeness (QED) is 0.794. The molecular weight excluding hydrogens is 198 g/mol. The minimum absolute atomic E-state index is 0.844. The number of nitrogens with one attached hydrogen (secondary N) is 2. The van der Waals surface area contributed by atoms with Crippen LogP contribution in [0, 0.1) is 6.92 Å². The molecule has 0 saturated heterocycles. The van der Waals surface area contributed by atoms with Gasteiger partial charge in [-0.25, -0.2) is 4.98 Å². The summed E-state index contributed by atoms with van der Waals surface area (Å²) in [6.45, 7) is 2.79. The van der Waals surface area contributed by atoms with Gasteiger partial charge in [-0.3, -0.25) is 0 Å². The van der Waals surface area contributed by atoms with E-state index in [-0.39, 0.29) is 0 Å². The third kappa shape index (κ3) is 2.29. The van der Waals surface area contributed by atoms with Crippen molar-refractivity contribution in [2.24, 2.45) is 0 Å². The van der Waals surface area contributed by atoms with Crippen molar-refractivity contribution < 1.29 is 0 Å². The molecule has 0 bridgehead atoms. The molecule has 0 radical (unpaired) electrons. The predicted octanol–water partition coefficient (Wildman–Crippen LogP) is 1.22. The molecule has 0 aromatic carbocycles. The van der Waals surface area contributed by atoms with E-state index < -0.39 is 0 Å². The highest BCUT2D eigenvalue weighted by Gasteiger charge is 1.99. The number of aryl methyl sites for hydroxylation is 1. The molecule has 2 aromatic rings. The Bertz CT molecular complexity index is 380. The maximum absolute atomic E-state index is 3.97. The van der Waals surface area contributed by atoms with Crippen molar-refractivity contribution in [3.63, 3.8) is 0 Å². The van der Waals surface area contributed by atoms with E-state index in [1.807, 2.05) is 13.1 Å². The summed E-state index contributed by atoms with van der Waals surface area (Å²) < 4.78 is 0. The number of hydrogen-bond acceptors (Lipinski definition) is 5. The zero-order valence-corrected chi connectivity index (χ0v) is 8.64. The van der Waals surface area contributed by atoms with E-state index in [4.69, 9.17) is 0 Å². The Morgan fingerprint density at radius 1 is 1.50 bits per heavy atom. The highest BCUT2D eigenvalue weighted by atomic mass is 32.1. The van der Waals surface area contributed by atoms with E-state index in [2.05, 4.69) is 25.5 Å². The van der Waals surface area contributed by atoms with Crippen molar-refractivity contribution in [3.05, 3.63) is 23.2 Å². The first kappa shape index (κ1) is 9.14. The van der Waals surface area contributed by atoms with Gasteiger partial charge in [0.15, 0.2) is 0 Å². The van der Waals surface area contributed by atoms with E-state index in [9.17, 15) is 0 Å². The fraction of sp³-hybridized carbons (Fsp3) is 0.375. The lowest BCUT2D eigenvalue weighted by atomic mass is 10.3. The Morgan fingerprint density at radius 3 is 3.07 bits per heavy atom. The molecule has 74 valence electrons. The van der Waals surface area contributed by atoms with Gasteiger partial charge < -0.3 is 10.3 Å². The Balaban J connectivity index is 1.78. The number of hydrogen-bond donors (Lipinski definition) is 2. The molecule has 0 aliphatic rings. The molecule has 0 unspecified atom stereocenters. The lowest BCUT2D eigenvalue weighted by molar-refractivity contribution is 0.959. The number of anilines is 1. The molecule has 2 aromatic heterocycles. The molecule has 0 spiro atoms. The summed E-state index contributed by atoms with van der Waals surface area (Å²) in [7, 11) is 0. The number of aromatic nitrogens is 4. The standard InChI is InChI=1S/C8H11N5S/c1-6-12-13-8(14-6)10-3-2-7-4-9-5-11-7/h4-5H,2-3H2,1H3,(H,9,11)(H,10,13). The fourth-order valence-electron chi connectivity index (χ4n) is 1.09. The molecule has 0 aliphatic heterocycles. The van der Waals surface area contributed by atoms with Crippen molar-refractivity contribution in [2.45, 2.75) is 13.3 Å². The average molecular weight is 209 g/mol. The first-order valence-electron chi connectivity index (χ1n) is 4.36. The van der Waals surface area contributed by atoms with Crippen LogP contribution in [-0.4, -0.2) is 26.7 Å². The van der Waals surface area contributed by atoms with E-state index in [0.717, 1.165) is 28.8 Å². The Kier molecular flexibility index (Phi) is 2.73. The second-order valence-electron chi connectivity index (χ2n) is 2.88. The van der Waals surface area contributed by atoms with E-state index in [1.165, 1.54) is 0 Å². The molecule has 5 nitrogen and oxygen atoms in total. The highest BCUT2D eigenvalue weighted by molar-refractivity contribution is 7.15. The summed E-state index contributed by atoms with van der Waals surface area (Å²) in [4.78, 5) is 6.99. The van der Waals surface area contributed by atoms with Gasteiger partial charge in [0.25, 0.3) is 0 Å². The maximum atomic E-state index is 3.97. The molecule has 2 N–H and O–H groups in total. The monoisotopic (exact) mass is 209 g/mol. The normalized spacial score (nSPS) is 10.4. The second kappa shape index (κ2) is 4.19. The van der Waals surface area contributed by atoms with Gasteiger partial charge in [-0.05, 0) is 6.92 Å². The van der Waals surface area contributed by atoms with Crippen LogP contribution in [0.25, 0.3) is 0 Å². The van der Waals surface area contributed by atoms with E-state index in [0.29, 0.717) is 0 Å². The van der Waals surface area contributed by atoms with Gasteiger partial charge in [-0.1, -0.05) is 11.3 Å². The summed E-state index contributed by atoms with van der Waals surface area (Å²) >= 11 is 1.57. The van der Waals surface area contributed by atoms with Gasteiger partial charge in [0.05, 0.1) is 6.33 Å². The van der Waals surface area contributed by atoms with Gasteiger partial charge in [-0.2, -0.15) is 0 Å². The van der Waals surface area contributed by atoms with Gasteiger partial charge in [0, 0.05) is 24.9 Å². The minimum atomic E-state index is 0.844. The SMILES string of the molecule is Cc1nnc(NCCc2cnc[nH]2)s1. The molecule has 0 fully saturated rings. The number of aromatic amines is 1. The number of nitrogens with zero attached hydrogens (tertiary/aromatic N) is 3. The van der Waals surface area contributed by atoms with E-state index in [1.54, 1.807) is 17.7 Å². The van der Waals surface area contributed by atoms with Crippen LogP contribution < -0.4 is 5.32 Å². The van der Waals surface area contributed by atoms with Crippen molar-refractivity contribution in [1.29, 1.82) is 0 Å². The summed E-state index contributed by atoms with van der Waals surface area (Å²) in [5.41, 5.74) is 1.12. The molecule has 6 heteroatoms. The first-order valence-corrected chi connectivity index (χ1v) is 5.17. The summed E-state index contributed by atoms with van der Waals surface area (Å²) in [5, 5.41) is 12.9. The van der Waals surface area contributed by atoms with Gasteiger partial charge in [0.2, 0.25) is 5.13 Å². The van der Waals surface area contributed by atoms with Crippen LogP contribution in [0.3, 0.4) is 0 Å². The Morgan fingerprint density at radius 2 is 2.43 bits per heavy atom. The minimum Gasteiger partial charge on any atom is -0.360 e. The second-order valence-corrected chi connectivity index (χ2v) is 4.06. The van der Waals surface area contributed by atoms with Gasteiger partial charge in [0.1, 0.15) is 5.01 Å². The predicted molar refractivity (Wildman–Crippen MR) is 55.4 cm³/mol. The summed E-state index contributed by atoms with van der Waals surface area (Å²) in [6.07, 6.45) is 4.43. The summed E-state index contributed by atoms with van der Waals surface area (Å²) in [5.74, 6) is 0. The van der Waals surface area contributed by atoms with Crippen LogP contribution in [-0.2, 0) is 6.42 Å². The third-order valence-corrected chi connectivity index (χ3v) is 2.55. The number of imidazole rings is 1. The molecule has 2 heterocycles. The van der Waals surface area contributed by atoms with Gasteiger partial charge in [-0.15, -0.1) is 10.2 Å².